The van der Waals surface area contributed by atoms with E-state index in [0.29, 0.717) is 24.1 Å². The number of unbranched alkanes of at least 4 members (excludes halogenated alkanes) is 29. The summed E-state index contributed by atoms with van der Waals surface area (Å²) >= 11 is 0. The normalized spacial score (nSPS) is 13.8. The largest absolute Gasteiger partial charge is 0.472 e. The van der Waals surface area contributed by atoms with Crippen LogP contribution in [0.25, 0.3) is 0 Å². The molecule has 0 aromatic rings. The number of rotatable bonds is 45. The quantitative estimate of drug-likeness (QED) is 0.0215. The molecule has 0 aromatic carbocycles. The molecule has 0 saturated carbocycles. The predicted molar refractivity (Wildman–Crippen MR) is 238 cm³/mol. The van der Waals surface area contributed by atoms with Crippen LogP contribution in [0.2, 0.25) is 0 Å². The molecule has 8 nitrogen and oxygen atoms in total. The molecule has 0 aliphatic carbocycles. The lowest BCUT2D eigenvalue weighted by atomic mass is 10.0. The van der Waals surface area contributed by atoms with Crippen LogP contribution in [-0.2, 0) is 27.9 Å². The van der Waals surface area contributed by atoms with Gasteiger partial charge < -0.3 is 18.9 Å². The van der Waals surface area contributed by atoms with Gasteiger partial charge in [-0.2, -0.15) is 0 Å². The van der Waals surface area contributed by atoms with Crippen molar-refractivity contribution in [1.29, 1.82) is 0 Å². The first-order chi connectivity index (χ1) is 27.1. The van der Waals surface area contributed by atoms with Gasteiger partial charge in [-0.15, -0.1) is 0 Å². The van der Waals surface area contributed by atoms with E-state index in [1.807, 2.05) is 21.1 Å². The van der Waals surface area contributed by atoms with Gasteiger partial charge in [0.1, 0.15) is 19.3 Å². The standard InChI is InChI=1S/C47H94NO7P/c1-6-8-10-12-14-16-18-20-22-23-24-25-27-29-31-33-35-37-39-42-52-44-46(45-54-56(50,51)53-43-41-48(3,4)5)55-47(49)40-38-36-34-32-30-28-26-21-19-17-15-13-11-9-7-2/h22-23,46H,6-21,24-45H2,1-5H3/p+1/b23-22-. The molecule has 0 amide bonds. The molecule has 9 heteroatoms. The summed E-state index contributed by atoms with van der Waals surface area (Å²) in [6.07, 6.45) is 45.3. The van der Waals surface area contributed by atoms with E-state index in [-0.39, 0.29) is 25.8 Å². The van der Waals surface area contributed by atoms with Gasteiger partial charge in [-0.05, 0) is 38.5 Å². The number of hydrogen-bond acceptors (Lipinski definition) is 6. The summed E-state index contributed by atoms with van der Waals surface area (Å²) < 4.78 is 35.1. The Morgan fingerprint density at radius 2 is 0.929 bits per heavy atom. The van der Waals surface area contributed by atoms with Gasteiger partial charge >= 0.3 is 13.8 Å². The van der Waals surface area contributed by atoms with Gasteiger partial charge in [0.15, 0.2) is 0 Å². The Labute approximate surface area is 348 Å². The first-order valence-corrected chi connectivity index (χ1v) is 25.4. The third kappa shape index (κ3) is 44.3. The first kappa shape index (κ1) is 55.2. The molecule has 0 spiro atoms. The molecule has 0 aromatic heterocycles. The van der Waals surface area contributed by atoms with E-state index in [4.69, 9.17) is 18.5 Å². The smallest absolute Gasteiger partial charge is 0.457 e. The minimum Gasteiger partial charge on any atom is -0.457 e. The van der Waals surface area contributed by atoms with E-state index < -0.39 is 13.9 Å². The number of carbonyl (C=O) groups is 1. The lowest BCUT2D eigenvalue weighted by Gasteiger charge is -2.24. The molecule has 0 aliphatic heterocycles. The van der Waals surface area contributed by atoms with Gasteiger partial charge in [-0.1, -0.05) is 193 Å². The van der Waals surface area contributed by atoms with Crippen LogP contribution in [0.4, 0.5) is 0 Å². The monoisotopic (exact) mass is 817 g/mol. The maximum Gasteiger partial charge on any atom is 0.472 e. The summed E-state index contributed by atoms with van der Waals surface area (Å²) in [6.45, 7) is 5.66. The highest BCUT2D eigenvalue weighted by Gasteiger charge is 2.26. The number of ether oxygens (including phenoxy) is 2. The van der Waals surface area contributed by atoms with Crippen LogP contribution in [-0.4, -0.2) is 75.6 Å². The second-order valence-electron chi connectivity index (χ2n) is 17.5. The van der Waals surface area contributed by atoms with E-state index in [1.165, 1.54) is 173 Å². The molecule has 0 saturated heterocycles. The van der Waals surface area contributed by atoms with Crippen LogP contribution in [0.15, 0.2) is 12.2 Å². The second-order valence-corrected chi connectivity index (χ2v) is 19.0. The molecule has 56 heavy (non-hydrogen) atoms. The molecule has 0 fully saturated rings. The number of phosphoric acid groups is 1. The number of likely N-dealkylation sites (N-methyl/N-ethyl adjacent to an activating group) is 1. The highest BCUT2D eigenvalue weighted by Crippen LogP contribution is 2.43. The van der Waals surface area contributed by atoms with Crippen LogP contribution >= 0.6 is 7.82 Å². The number of allylic oxidation sites excluding steroid dienone is 2. The number of carbonyl (C=O) groups excluding carboxylic acids is 1. The maximum atomic E-state index is 12.7. The van der Waals surface area contributed by atoms with Crippen molar-refractivity contribution in [2.24, 2.45) is 0 Å². The second kappa shape index (κ2) is 41.0. The van der Waals surface area contributed by atoms with Crippen molar-refractivity contribution in [1.82, 2.24) is 0 Å². The van der Waals surface area contributed by atoms with E-state index in [0.717, 1.165) is 32.1 Å². The maximum absolute atomic E-state index is 12.7. The molecule has 0 rings (SSSR count). The molecule has 0 heterocycles. The van der Waals surface area contributed by atoms with Gasteiger partial charge in [-0.3, -0.25) is 13.8 Å². The molecule has 2 atom stereocenters. The zero-order valence-electron chi connectivity index (χ0n) is 37.9. The topological polar surface area (TPSA) is 91.3 Å². The Balaban J connectivity index is 4.15. The van der Waals surface area contributed by atoms with Gasteiger partial charge in [0.2, 0.25) is 0 Å². The van der Waals surface area contributed by atoms with E-state index in [1.54, 1.807) is 0 Å². The molecule has 0 bridgehead atoms. The van der Waals surface area contributed by atoms with Crippen molar-refractivity contribution in [2.75, 3.05) is 54.1 Å². The predicted octanol–water partition coefficient (Wildman–Crippen LogP) is 14.2. The average molecular weight is 817 g/mol. The summed E-state index contributed by atoms with van der Waals surface area (Å²) in [5.74, 6) is -0.310. The van der Waals surface area contributed by atoms with Crippen molar-refractivity contribution in [3.8, 4) is 0 Å². The van der Waals surface area contributed by atoms with E-state index >= 15 is 0 Å². The minimum atomic E-state index is -4.27. The number of hydrogen-bond donors (Lipinski definition) is 1. The minimum absolute atomic E-state index is 0.0914. The molecular formula is C47H95NO7P+. The summed E-state index contributed by atoms with van der Waals surface area (Å²) in [6, 6.07) is 0. The molecule has 2 unspecified atom stereocenters. The fraction of sp³-hybridized carbons (Fsp3) is 0.936. The van der Waals surface area contributed by atoms with Gasteiger partial charge in [0.25, 0.3) is 0 Å². The van der Waals surface area contributed by atoms with Crippen molar-refractivity contribution < 1.29 is 37.3 Å². The molecule has 1 N–H and O–H groups in total. The zero-order chi connectivity index (χ0) is 41.3. The Hall–Kier alpha value is -0.760. The highest BCUT2D eigenvalue weighted by molar-refractivity contribution is 7.47. The van der Waals surface area contributed by atoms with Crippen LogP contribution < -0.4 is 0 Å². The first-order valence-electron chi connectivity index (χ1n) is 23.9. The summed E-state index contributed by atoms with van der Waals surface area (Å²) in [5, 5.41) is 0. The molecule has 0 radical (unpaired) electrons. The van der Waals surface area contributed by atoms with E-state index in [9.17, 15) is 14.3 Å². The summed E-state index contributed by atoms with van der Waals surface area (Å²) in [7, 11) is 1.68. The van der Waals surface area contributed by atoms with Crippen molar-refractivity contribution in [3.63, 3.8) is 0 Å². The SMILES string of the molecule is CCCCCCCCC/C=C\CCCCCCCCCCOCC(COP(=O)(O)OCC[N+](C)(C)C)OC(=O)CCCCCCCCCCCCCCCCC. The lowest BCUT2D eigenvalue weighted by Crippen LogP contribution is -2.37. The lowest BCUT2D eigenvalue weighted by molar-refractivity contribution is -0.870. The third-order valence-electron chi connectivity index (χ3n) is 10.6. The summed E-state index contributed by atoms with van der Waals surface area (Å²) in [5.41, 5.74) is 0. The van der Waals surface area contributed by atoms with Crippen LogP contribution in [0.1, 0.15) is 226 Å². The average Bonchev–Trinajstić information content (AvgIpc) is 3.15. The number of phosphoric ester groups is 1. The molecule has 334 valence electrons. The van der Waals surface area contributed by atoms with Crippen LogP contribution in [0.3, 0.4) is 0 Å². The molecule has 0 aliphatic rings. The Morgan fingerprint density at radius 1 is 0.536 bits per heavy atom. The van der Waals surface area contributed by atoms with Crippen molar-refractivity contribution in [2.45, 2.75) is 232 Å². The van der Waals surface area contributed by atoms with E-state index in [2.05, 4.69) is 26.0 Å². The Morgan fingerprint density at radius 3 is 1.36 bits per heavy atom. The molecular weight excluding hydrogens is 721 g/mol. The third-order valence-corrected chi connectivity index (χ3v) is 11.6. The zero-order valence-corrected chi connectivity index (χ0v) is 38.8. The van der Waals surface area contributed by atoms with Gasteiger partial charge in [-0.25, -0.2) is 4.57 Å². The van der Waals surface area contributed by atoms with Crippen molar-refractivity contribution in [3.05, 3.63) is 12.2 Å². The number of esters is 1. The van der Waals surface area contributed by atoms with Crippen molar-refractivity contribution >= 4 is 13.8 Å². The Bertz CT molecular complexity index is 909. The van der Waals surface area contributed by atoms with Gasteiger partial charge in [0, 0.05) is 13.0 Å². The summed E-state index contributed by atoms with van der Waals surface area (Å²) in [4.78, 5) is 22.9. The van der Waals surface area contributed by atoms with Gasteiger partial charge in [0.05, 0.1) is 34.4 Å². The number of nitrogens with zero attached hydrogens (tertiary/aromatic N) is 1. The number of quaternary nitrogens is 1. The fourth-order valence-corrected chi connectivity index (χ4v) is 7.58. The van der Waals surface area contributed by atoms with Crippen LogP contribution in [0, 0.1) is 0 Å². The van der Waals surface area contributed by atoms with Crippen LogP contribution in [0.5, 0.6) is 0 Å². The Kier molecular flexibility index (Phi) is 40.4. The fourth-order valence-electron chi connectivity index (χ4n) is 6.84. The highest BCUT2D eigenvalue weighted by atomic mass is 31.2.